The predicted molar refractivity (Wildman–Crippen MR) is 102 cm³/mol. The van der Waals surface area contributed by atoms with E-state index in [9.17, 15) is 4.79 Å². The number of aromatic nitrogens is 2. The van der Waals surface area contributed by atoms with Gasteiger partial charge in [-0.25, -0.2) is 4.68 Å². The summed E-state index contributed by atoms with van der Waals surface area (Å²) in [6.45, 7) is 9.56. The largest absolute Gasteiger partial charge is 0.303 e. The second kappa shape index (κ2) is 7.52. The third-order valence-corrected chi connectivity index (χ3v) is 5.06. The number of benzene rings is 1. The van der Waals surface area contributed by atoms with Gasteiger partial charge in [-0.3, -0.25) is 4.79 Å². The summed E-state index contributed by atoms with van der Waals surface area (Å²) in [5.41, 5.74) is 2.36. The van der Waals surface area contributed by atoms with Crippen molar-refractivity contribution in [3.8, 4) is 0 Å². The van der Waals surface area contributed by atoms with Gasteiger partial charge in [-0.05, 0) is 30.9 Å². The molecule has 2 aromatic rings. The fourth-order valence-corrected chi connectivity index (χ4v) is 3.41. The van der Waals surface area contributed by atoms with Crippen LogP contribution >= 0.6 is 0 Å². The molecule has 1 saturated heterocycles. The number of hydrogen-bond donors (Lipinski definition) is 0. The lowest BCUT2D eigenvalue weighted by Gasteiger charge is -2.32. The number of likely N-dealkylation sites (tertiary alicyclic amines) is 1. The van der Waals surface area contributed by atoms with Crippen LogP contribution in [0.4, 0.5) is 0 Å². The second-order valence-corrected chi connectivity index (χ2v) is 8.06. The lowest BCUT2D eigenvalue weighted by molar-refractivity contribution is 0.177. The van der Waals surface area contributed by atoms with Crippen molar-refractivity contribution in [3.63, 3.8) is 0 Å². The van der Waals surface area contributed by atoms with E-state index >= 15 is 0 Å². The van der Waals surface area contributed by atoms with E-state index in [0.29, 0.717) is 0 Å². The van der Waals surface area contributed by atoms with Crippen molar-refractivity contribution >= 4 is 0 Å². The molecule has 25 heavy (non-hydrogen) atoms. The average molecular weight is 339 g/mol. The molecule has 0 amide bonds. The van der Waals surface area contributed by atoms with Gasteiger partial charge in [0, 0.05) is 31.1 Å². The molecule has 1 aromatic carbocycles. The molecule has 0 spiro atoms. The van der Waals surface area contributed by atoms with Gasteiger partial charge in [-0.2, -0.15) is 5.10 Å². The Bertz CT molecular complexity index is 738. The zero-order chi connectivity index (χ0) is 17.9. The standard InChI is InChI=1S/C21H29N3O/c1-21(2,3)19-9-10-20(25)24(22-19)18-12-15-23(16-13-18)14-11-17-7-5-4-6-8-17/h4-10,18H,11-16H2,1-3H3. The maximum absolute atomic E-state index is 12.3. The lowest BCUT2D eigenvalue weighted by Crippen LogP contribution is -2.39. The highest BCUT2D eigenvalue weighted by Crippen LogP contribution is 2.23. The molecule has 134 valence electrons. The molecule has 4 heteroatoms. The number of nitrogens with zero attached hydrogens (tertiary/aromatic N) is 3. The third kappa shape index (κ3) is 4.57. The molecule has 1 aliphatic heterocycles. The number of hydrogen-bond acceptors (Lipinski definition) is 3. The zero-order valence-corrected chi connectivity index (χ0v) is 15.6. The molecule has 1 aliphatic rings. The van der Waals surface area contributed by atoms with Crippen molar-refractivity contribution in [1.29, 1.82) is 0 Å². The second-order valence-electron chi connectivity index (χ2n) is 8.06. The van der Waals surface area contributed by atoms with Crippen LogP contribution in [0.25, 0.3) is 0 Å². The van der Waals surface area contributed by atoms with E-state index < -0.39 is 0 Å². The first-order valence-corrected chi connectivity index (χ1v) is 9.30. The van der Waals surface area contributed by atoms with E-state index in [-0.39, 0.29) is 17.0 Å². The minimum atomic E-state index is -0.0359. The van der Waals surface area contributed by atoms with Gasteiger partial charge in [0.05, 0.1) is 11.7 Å². The van der Waals surface area contributed by atoms with Crippen LogP contribution in [0.3, 0.4) is 0 Å². The Hall–Kier alpha value is -1.94. The normalized spacial score (nSPS) is 16.9. The highest BCUT2D eigenvalue weighted by molar-refractivity contribution is 5.15. The minimum absolute atomic E-state index is 0.0238. The van der Waals surface area contributed by atoms with Crippen molar-refractivity contribution in [1.82, 2.24) is 14.7 Å². The molecule has 1 fully saturated rings. The van der Waals surface area contributed by atoms with Crippen LogP contribution in [-0.2, 0) is 11.8 Å². The van der Waals surface area contributed by atoms with E-state index in [1.165, 1.54) is 5.56 Å². The molecule has 0 radical (unpaired) electrons. The van der Waals surface area contributed by atoms with E-state index in [4.69, 9.17) is 0 Å². The Morgan fingerprint density at radius 1 is 1.04 bits per heavy atom. The number of piperidine rings is 1. The van der Waals surface area contributed by atoms with Gasteiger partial charge in [0.25, 0.3) is 5.56 Å². The Morgan fingerprint density at radius 3 is 2.36 bits per heavy atom. The summed E-state index contributed by atoms with van der Waals surface area (Å²) >= 11 is 0. The molecule has 0 bridgehead atoms. The van der Waals surface area contributed by atoms with Crippen LogP contribution in [0, 0.1) is 0 Å². The van der Waals surface area contributed by atoms with E-state index in [1.807, 2.05) is 6.07 Å². The van der Waals surface area contributed by atoms with E-state index in [0.717, 1.165) is 44.6 Å². The smallest absolute Gasteiger partial charge is 0.267 e. The predicted octanol–water partition coefficient (Wildman–Crippen LogP) is 3.42. The first-order chi connectivity index (χ1) is 11.9. The minimum Gasteiger partial charge on any atom is -0.303 e. The highest BCUT2D eigenvalue weighted by Gasteiger charge is 2.24. The molecular weight excluding hydrogens is 310 g/mol. The maximum atomic E-state index is 12.3. The summed E-state index contributed by atoms with van der Waals surface area (Å²) in [4.78, 5) is 14.8. The van der Waals surface area contributed by atoms with Gasteiger partial charge < -0.3 is 4.90 Å². The van der Waals surface area contributed by atoms with E-state index in [2.05, 4.69) is 61.1 Å². The highest BCUT2D eigenvalue weighted by atomic mass is 16.1. The van der Waals surface area contributed by atoms with Crippen molar-refractivity contribution in [3.05, 3.63) is 64.1 Å². The molecule has 0 saturated carbocycles. The Morgan fingerprint density at radius 2 is 1.72 bits per heavy atom. The topological polar surface area (TPSA) is 38.1 Å². The van der Waals surface area contributed by atoms with E-state index in [1.54, 1.807) is 10.7 Å². The SMILES string of the molecule is CC(C)(C)c1ccc(=O)n(C2CCN(CCc3ccccc3)CC2)n1. The zero-order valence-electron chi connectivity index (χ0n) is 15.6. The molecule has 2 heterocycles. The number of rotatable bonds is 4. The Labute approximate surface area is 150 Å². The molecule has 0 aliphatic carbocycles. The fourth-order valence-electron chi connectivity index (χ4n) is 3.41. The van der Waals surface area contributed by atoms with Crippen molar-refractivity contribution in [2.45, 2.75) is 51.5 Å². The van der Waals surface area contributed by atoms with Gasteiger partial charge in [0.1, 0.15) is 0 Å². The third-order valence-electron chi connectivity index (χ3n) is 5.06. The first kappa shape index (κ1) is 17.9. The van der Waals surface area contributed by atoms with Gasteiger partial charge in [0.15, 0.2) is 0 Å². The molecule has 0 unspecified atom stereocenters. The van der Waals surface area contributed by atoms with Crippen molar-refractivity contribution in [2.24, 2.45) is 0 Å². The van der Waals surface area contributed by atoms with Crippen LogP contribution in [0.1, 0.15) is 50.9 Å². The fraction of sp³-hybridized carbons (Fsp3) is 0.524. The summed E-state index contributed by atoms with van der Waals surface area (Å²) in [6, 6.07) is 14.4. The molecule has 0 atom stereocenters. The van der Waals surface area contributed by atoms with Crippen LogP contribution in [0.2, 0.25) is 0 Å². The Kier molecular flexibility index (Phi) is 5.38. The van der Waals surface area contributed by atoms with Gasteiger partial charge in [0.2, 0.25) is 0 Å². The monoisotopic (exact) mass is 339 g/mol. The van der Waals surface area contributed by atoms with Crippen LogP contribution in [-0.4, -0.2) is 34.3 Å². The average Bonchev–Trinajstić information content (AvgIpc) is 2.61. The van der Waals surface area contributed by atoms with Gasteiger partial charge in [-0.15, -0.1) is 0 Å². The molecule has 1 aromatic heterocycles. The summed E-state index contributed by atoms with van der Waals surface area (Å²) < 4.78 is 1.73. The van der Waals surface area contributed by atoms with Crippen molar-refractivity contribution < 1.29 is 0 Å². The molecular formula is C21H29N3O. The first-order valence-electron chi connectivity index (χ1n) is 9.30. The van der Waals surface area contributed by atoms with Crippen LogP contribution < -0.4 is 5.56 Å². The molecule has 4 nitrogen and oxygen atoms in total. The lowest BCUT2D eigenvalue weighted by atomic mass is 9.92. The summed E-state index contributed by atoms with van der Waals surface area (Å²) in [5, 5.41) is 4.67. The maximum Gasteiger partial charge on any atom is 0.267 e. The van der Waals surface area contributed by atoms with Gasteiger partial charge >= 0.3 is 0 Å². The van der Waals surface area contributed by atoms with Gasteiger partial charge in [-0.1, -0.05) is 51.1 Å². The molecule has 3 rings (SSSR count). The Balaban J connectivity index is 1.60. The summed E-state index contributed by atoms with van der Waals surface area (Å²) in [5.74, 6) is 0. The molecule has 0 N–H and O–H groups in total. The summed E-state index contributed by atoms with van der Waals surface area (Å²) in [7, 11) is 0. The van der Waals surface area contributed by atoms with Crippen LogP contribution in [0.5, 0.6) is 0 Å². The van der Waals surface area contributed by atoms with Crippen LogP contribution in [0.15, 0.2) is 47.3 Å². The van der Waals surface area contributed by atoms with Crippen molar-refractivity contribution in [2.75, 3.05) is 19.6 Å². The summed E-state index contributed by atoms with van der Waals surface area (Å²) in [6.07, 6.45) is 3.08. The quantitative estimate of drug-likeness (QED) is 0.857.